The molecule has 1 atom stereocenters. The number of aryl methyl sites for hydroxylation is 2. The lowest BCUT2D eigenvalue weighted by atomic mass is 10.1. The van der Waals surface area contributed by atoms with E-state index in [0.717, 1.165) is 39.1 Å². The van der Waals surface area contributed by atoms with Crippen LogP contribution < -0.4 is 5.32 Å². The maximum absolute atomic E-state index is 4.57. The summed E-state index contributed by atoms with van der Waals surface area (Å²) in [6.07, 6.45) is 3.36. The highest BCUT2D eigenvalue weighted by molar-refractivity contribution is 5.15. The van der Waals surface area contributed by atoms with Crippen molar-refractivity contribution < 1.29 is 0 Å². The van der Waals surface area contributed by atoms with E-state index < -0.39 is 0 Å². The van der Waals surface area contributed by atoms with Crippen LogP contribution in [-0.2, 0) is 13.1 Å². The standard InChI is InChI=1S/C13H24N4/c1-4-6-17-10-13(12(3)15-17)9-16-7-5-14-8-11(16)2/h10-11,14H,4-9H2,1-3H3. The number of nitrogens with zero attached hydrogens (tertiary/aromatic N) is 3. The van der Waals surface area contributed by atoms with Crippen LogP contribution in [0.25, 0.3) is 0 Å². The van der Waals surface area contributed by atoms with Gasteiger partial charge in [0, 0.05) is 50.5 Å². The van der Waals surface area contributed by atoms with E-state index in [1.807, 2.05) is 0 Å². The molecule has 17 heavy (non-hydrogen) atoms. The molecule has 96 valence electrons. The first kappa shape index (κ1) is 12.6. The number of hydrogen-bond acceptors (Lipinski definition) is 3. The van der Waals surface area contributed by atoms with E-state index in [2.05, 4.69) is 47.0 Å². The van der Waals surface area contributed by atoms with Gasteiger partial charge in [-0.25, -0.2) is 0 Å². The summed E-state index contributed by atoms with van der Waals surface area (Å²) >= 11 is 0. The van der Waals surface area contributed by atoms with Gasteiger partial charge in [0.05, 0.1) is 5.69 Å². The Balaban J connectivity index is 2.01. The fraction of sp³-hybridized carbons (Fsp3) is 0.769. The lowest BCUT2D eigenvalue weighted by Gasteiger charge is -2.33. The monoisotopic (exact) mass is 236 g/mol. The van der Waals surface area contributed by atoms with Gasteiger partial charge in [-0.2, -0.15) is 5.10 Å². The van der Waals surface area contributed by atoms with Gasteiger partial charge < -0.3 is 5.32 Å². The van der Waals surface area contributed by atoms with E-state index >= 15 is 0 Å². The molecule has 0 aromatic carbocycles. The summed E-state index contributed by atoms with van der Waals surface area (Å²) in [5.41, 5.74) is 2.57. The van der Waals surface area contributed by atoms with Gasteiger partial charge in [0.1, 0.15) is 0 Å². The highest BCUT2D eigenvalue weighted by Crippen LogP contribution is 2.13. The molecule has 1 aliphatic heterocycles. The second kappa shape index (κ2) is 5.65. The van der Waals surface area contributed by atoms with Crippen LogP contribution in [0.15, 0.2) is 6.20 Å². The fourth-order valence-corrected chi connectivity index (χ4v) is 2.39. The van der Waals surface area contributed by atoms with Crippen molar-refractivity contribution in [2.45, 2.75) is 46.3 Å². The molecule has 4 heteroatoms. The molecule has 0 aliphatic carbocycles. The van der Waals surface area contributed by atoms with E-state index in [9.17, 15) is 0 Å². The average molecular weight is 236 g/mol. The molecule has 1 aromatic rings. The molecular weight excluding hydrogens is 212 g/mol. The zero-order valence-electron chi connectivity index (χ0n) is 11.2. The van der Waals surface area contributed by atoms with Gasteiger partial charge >= 0.3 is 0 Å². The molecule has 0 radical (unpaired) electrons. The van der Waals surface area contributed by atoms with Crippen molar-refractivity contribution in [3.63, 3.8) is 0 Å². The minimum absolute atomic E-state index is 0.623. The van der Waals surface area contributed by atoms with E-state index in [4.69, 9.17) is 0 Å². The Morgan fingerprint density at radius 1 is 1.53 bits per heavy atom. The van der Waals surface area contributed by atoms with Gasteiger partial charge in [0.2, 0.25) is 0 Å². The predicted octanol–water partition coefficient (Wildman–Crippen LogP) is 1.40. The van der Waals surface area contributed by atoms with Crippen LogP contribution in [0.5, 0.6) is 0 Å². The highest BCUT2D eigenvalue weighted by Gasteiger charge is 2.19. The van der Waals surface area contributed by atoms with E-state index in [0.29, 0.717) is 6.04 Å². The summed E-state index contributed by atoms with van der Waals surface area (Å²) in [4.78, 5) is 2.54. The van der Waals surface area contributed by atoms with Gasteiger partial charge in [-0.3, -0.25) is 9.58 Å². The third-order valence-corrected chi connectivity index (χ3v) is 3.51. The van der Waals surface area contributed by atoms with Crippen molar-refractivity contribution in [2.24, 2.45) is 0 Å². The Hall–Kier alpha value is -0.870. The Labute approximate surface area is 104 Å². The van der Waals surface area contributed by atoms with E-state index in [1.165, 1.54) is 11.3 Å². The van der Waals surface area contributed by atoms with Crippen LogP contribution >= 0.6 is 0 Å². The second-order valence-corrected chi connectivity index (χ2v) is 5.03. The smallest absolute Gasteiger partial charge is 0.0638 e. The van der Waals surface area contributed by atoms with Crippen LogP contribution in [0.3, 0.4) is 0 Å². The largest absolute Gasteiger partial charge is 0.314 e. The number of rotatable bonds is 4. The SMILES string of the molecule is CCCn1cc(CN2CCNCC2C)c(C)n1. The minimum Gasteiger partial charge on any atom is -0.314 e. The molecule has 1 aliphatic rings. The molecule has 1 N–H and O–H groups in total. The van der Waals surface area contributed by atoms with E-state index in [-0.39, 0.29) is 0 Å². The summed E-state index contributed by atoms with van der Waals surface area (Å²) in [6, 6.07) is 0.623. The molecule has 2 heterocycles. The van der Waals surface area contributed by atoms with E-state index in [1.54, 1.807) is 0 Å². The minimum atomic E-state index is 0.623. The summed E-state index contributed by atoms with van der Waals surface area (Å²) in [5.74, 6) is 0. The molecule has 0 amide bonds. The summed E-state index contributed by atoms with van der Waals surface area (Å²) in [6.45, 7) is 12.0. The first-order valence-corrected chi connectivity index (χ1v) is 6.68. The number of nitrogens with one attached hydrogen (secondary N) is 1. The maximum atomic E-state index is 4.57. The summed E-state index contributed by atoms with van der Waals surface area (Å²) in [7, 11) is 0. The van der Waals surface area contributed by atoms with Gasteiger partial charge in [-0.15, -0.1) is 0 Å². The molecule has 4 nitrogen and oxygen atoms in total. The van der Waals surface area contributed by atoms with Gasteiger partial charge in [-0.1, -0.05) is 6.92 Å². The van der Waals surface area contributed by atoms with Gasteiger partial charge in [0.15, 0.2) is 0 Å². The predicted molar refractivity (Wildman–Crippen MR) is 70.0 cm³/mol. The number of aromatic nitrogens is 2. The van der Waals surface area contributed by atoms with Crippen LogP contribution in [0, 0.1) is 6.92 Å². The second-order valence-electron chi connectivity index (χ2n) is 5.03. The van der Waals surface area contributed by atoms with Crippen LogP contribution in [0.1, 0.15) is 31.5 Å². The van der Waals surface area contributed by atoms with Gasteiger partial charge in [0.25, 0.3) is 0 Å². The summed E-state index contributed by atoms with van der Waals surface area (Å²) in [5, 5.41) is 7.99. The lowest BCUT2D eigenvalue weighted by Crippen LogP contribution is -2.49. The molecular formula is C13H24N4. The van der Waals surface area contributed by atoms with Crippen LogP contribution in [0.2, 0.25) is 0 Å². The first-order chi connectivity index (χ1) is 8.20. The first-order valence-electron chi connectivity index (χ1n) is 6.68. The third-order valence-electron chi connectivity index (χ3n) is 3.51. The zero-order valence-corrected chi connectivity index (χ0v) is 11.2. The van der Waals surface area contributed by atoms with Crippen molar-refractivity contribution in [3.8, 4) is 0 Å². The zero-order chi connectivity index (χ0) is 12.3. The molecule has 1 saturated heterocycles. The topological polar surface area (TPSA) is 33.1 Å². The molecule has 0 saturated carbocycles. The number of piperazine rings is 1. The number of hydrogen-bond donors (Lipinski definition) is 1. The van der Waals surface area contributed by atoms with Crippen molar-refractivity contribution in [3.05, 3.63) is 17.5 Å². The molecule has 1 fully saturated rings. The van der Waals surface area contributed by atoms with Crippen molar-refractivity contribution in [1.29, 1.82) is 0 Å². The Morgan fingerprint density at radius 2 is 2.35 bits per heavy atom. The highest BCUT2D eigenvalue weighted by atomic mass is 15.3. The Kier molecular flexibility index (Phi) is 4.18. The molecule has 1 unspecified atom stereocenters. The van der Waals surface area contributed by atoms with Crippen LogP contribution in [-0.4, -0.2) is 40.4 Å². The average Bonchev–Trinajstić information content (AvgIpc) is 2.63. The van der Waals surface area contributed by atoms with Crippen LogP contribution in [0.4, 0.5) is 0 Å². The summed E-state index contributed by atoms with van der Waals surface area (Å²) < 4.78 is 2.08. The quantitative estimate of drug-likeness (QED) is 0.858. The molecule has 2 rings (SSSR count). The Morgan fingerprint density at radius 3 is 3.06 bits per heavy atom. The lowest BCUT2D eigenvalue weighted by molar-refractivity contribution is 0.165. The van der Waals surface area contributed by atoms with Crippen molar-refractivity contribution >= 4 is 0 Å². The maximum Gasteiger partial charge on any atom is 0.0638 e. The normalized spacial score (nSPS) is 21.9. The third kappa shape index (κ3) is 3.07. The Bertz CT molecular complexity index is 358. The molecule has 0 bridgehead atoms. The molecule has 1 aromatic heterocycles. The fourth-order valence-electron chi connectivity index (χ4n) is 2.39. The molecule has 0 spiro atoms. The van der Waals surface area contributed by atoms with Crippen molar-refractivity contribution in [2.75, 3.05) is 19.6 Å². The van der Waals surface area contributed by atoms with Gasteiger partial charge in [-0.05, 0) is 20.3 Å². The van der Waals surface area contributed by atoms with Crippen molar-refractivity contribution in [1.82, 2.24) is 20.0 Å².